The highest BCUT2D eigenvalue weighted by Gasteiger charge is 2.59. The van der Waals surface area contributed by atoms with Gasteiger partial charge in [0.1, 0.15) is 6.54 Å². The zero-order chi connectivity index (χ0) is 23.1. The first-order valence-electron chi connectivity index (χ1n) is 11.2. The molecule has 1 saturated heterocycles. The Kier molecular flexibility index (Phi) is 5.32. The average molecular weight is 444 g/mol. The van der Waals surface area contributed by atoms with Crippen LogP contribution in [0.15, 0.2) is 66.7 Å². The number of hydrogen-bond donors (Lipinski definition) is 2. The average Bonchev–Trinajstić information content (AvgIpc) is 3.50. The fourth-order valence-corrected chi connectivity index (χ4v) is 5.34. The van der Waals surface area contributed by atoms with Crippen LogP contribution >= 0.6 is 0 Å². The summed E-state index contributed by atoms with van der Waals surface area (Å²) >= 11 is 0. The van der Waals surface area contributed by atoms with Gasteiger partial charge in [0.15, 0.2) is 0 Å². The molecule has 7 heteroatoms. The van der Waals surface area contributed by atoms with Crippen molar-refractivity contribution >= 4 is 29.3 Å². The summed E-state index contributed by atoms with van der Waals surface area (Å²) in [6.07, 6.45) is 4.88. The van der Waals surface area contributed by atoms with Gasteiger partial charge in [0, 0.05) is 0 Å². The van der Waals surface area contributed by atoms with Crippen LogP contribution in [0.5, 0.6) is 0 Å². The number of allylic oxidation sites excluding steroid dienone is 2. The van der Waals surface area contributed by atoms with Crippen molar-refractivity contribution in [3.05, 3.63) is 77.9 Å². The molecule has 2 N–H and O–H groups in total. The molecule has 0 spiro atoms. The normalized spacial score (nSPS) is 25.8. The second-order valence-electron chi connectivity index (χ2n) is 8.96. The van der Waals surface area contributed by atoms with Crippen LogP contribution in [-0.2, 0) is 14.4 Å². The summed E-state index contributed by atoms with van der Waals surface area (Å²) in [6, 6.07) is 16.1. The van der Waals surface area contributed by atoms with Gasteiger partial charge >= 0.3 is 0 Å². The minimum Gasteiger partial charge on any atom is -0.345 e. The minimum absolute atomic E-state index is 0.0977. The fraction of sp³-hybridized carbons (Fsp3) is 0.308. The van der Waals surface area contributed by atoms with E-state index in [4.69, 9.17) is 0 Å². The van der Waals surface area contributed by atoms with Crippen molar-refractivity contribution in [3.63, 3.8) is 0 Å². The molecule has 0 unspecified atom stereocenters. The number of benzene rings is 2. The summed E-state index contributed by atoms with van der Waals surface area (Å²) in [5.41, 5.74) is 1.61. The van der Waals surface area contributed by atoms with E-state index in [0.29, 0.717) is 11.3 Å². The highest BCUT2D eigenvalue weighted by Crippen LogP contribution is 2.52. The third-order valence-corrected chi connectivity index (χ3v) is 6.96. The van der Waals surface area contributed by atoms with Crippen molar-refractivity contribution < 1.29 is 19.2 Å². The first-order valence-corrected chi connectivity index (χ1v) is 11.2. The van der Waals surface area contributed by atoms with Crippen molar-refractivity contribution in [2.75, 3.05) is 11.9 Å². The summed E-state index contributed by atoms with van der Waals surface area (Å²) in [4.78, 5) is 52.4. The molecule has 33 heavy (non-hydrogen) atoms. The maximum atomic E-state index is 12.9. The number of nitrogens with one attached hydrogen (secondary N) is 2. The molecule has 1 heterocycles. The highest BCUT2D eigenvalue weighted by molar-refractivity contribution is 6.10. The van der Waals surface area contributed by atoms with E-state index in [1.54, 1.807) is 24.3 Å². The SMILES string of the molecule is C[C@H](NC(=O)c1ccccc1NC(=O)CN1C(=O)[C@@H]2[C@H](C1=O)[C@H]1C=C[C@H]2C1)c1ccccc1. The largest absolute Gasteiger partial charge is 0.345 e. The Bertz CT molecular complexity index is 1130. The molecular weight excluding hydrogens is 418 g/mol. The third kappa shape index (κ3) is 3.73. The van der Waals surface area contributed by atoms with Gasteiger partial charge in [-0.15, -0.1) is 0 Å². The van der Waals surface area contributed by atoms with Crippen molar-refractivity contribution in [2.24, 2.45) is 23.7 Å². The van der Waals surface area contributed by atoms with Crippen LogP contribution in [0.1, 0.15) is 35.3 Å². The Labute approximate surface area is 191 Å². The predicted octanol–water partition coefficient (Wildman–Crippen LogP) is 2.92. The van der Waals surface area contributed by atoms with Crippen molar-refractivity contribution in [1.29, 1.82) is 0 Å². The number of fused-ring (bicyclic) bond motifs is 5. The van der Waals surface area contributed by atoms with Gasteiger partial charge in [-0.05, 0) is 42.9 Å². The van der Waals surface area contributed by atoms with Crippen molar-refractivity contribution in [3.8, 4) is 0 Å². The number of nitrogens with zero attached hydrogens (tertiary/aromatic N) is 1. The first-order chi connectivity index (χ1) is 15.9. The molecule has 3 aliphatic rings. The molecule has 1 saturated carbocycles. The molecule has 1 aliphatic heterocycles. The maximum absolute atomic E-state index is 12.9. The topological polar surface area (TPSA) is 95.6 Å². The summed E-state index contributed by atoms with van der Waals surface area (Å²) in [5.74, 6) is -1.84. The van der Waals surface area contributed by atoms with Crippen LogP contribution in [0, 0.1) is 23.7 Å². The smallest absolute Gasteiger partial charge is 0.253 e. The molecule has 168 valence electrons. The van der Waals surface area contributed by atoms with Gasteiger partial charge in [0.25, 0.3) is 5.91 Å². The van der Waals surface area contributed by atoms with Gasteiger partial charge in [-0.1, -0.05) is 54.6 Å². The molecule has 4 amide bonds. The van der Waals surface area contributed by atoms with E-state index in [1.807, 2.05) is 49.4 Å². The van der Waals surface area contributed by atoms with E-state index < -0.39 is 5.91 Å². The van der Waals surface area contributed by atoms with Crippen LogP contribution < -0.4 is 10.6 Å². The predicted molar refractivity (Wildman–Crippen MR) is 122 cm³/mol. The lowest BCUT2D eigenvalue weighted by Crippen LogP contribution is -2.39. The molecule has 2 aromatic carbocycles. The number of likely N-dealkylation sites (tertiary alicyclic amines) is 1. The zero-order valence-electron chi connectivity index (χ0n) is 18.2. The molecular formula is C26H25N3O4. The lowest BCUT2D eigenvalue weighted by atomic mass is 9.85. The number of carbonyl (C=O) groups is 4. The third-order valence-electron chi connectivity index (χ3n) is 6.96. The van der Waals surface area contributed by atoms with Crippen molar-refractivity contribution in [2.45, 2.75) is 19.4 Å². The van der Waals surface area contributed by atoms with Gasteiger partial charge in [-0.3, -0.25) is 24.1 Å². The van der Waals surface area contributed by atoms with Gasteiger partial charge < -0.3 is 10.6 Å². The molecule has 0 aromatic heterocycles. The first kappa shape index (κ1) is 21.1. The molecule has 7 nitrogen and oxygen atoms in total. The quantitative estimate of drug-likeness (QED) is 0.530. The van der Waals surface area contributed by atoms with E-state index in [9.17, 15) is 19.2 Å². The zero-order valence-corrected chi connectivity index (χ0v) is 18.2. The Balaban J connectivity index is 1.26. The lowest BCUT2D eigenvalue weighted by Gasteiger charge is -2.18. The van der Waals surface area contributed by atoms with Gasteiger partial charge in [-0.25, -0.2) is 0 Å². The molecule has 2 aliphatic carbocycles. The molecule has 0 radical (unpaired) electrons. The standard InChI is InChI=1S/C26H25N3O4/c1-15(16-7-3-2-4-8-16)27-24(31)19-9-5-6-10-20(19)28-21(30)14-29-25(32)22-17-11-12-18(13-17)23(22)26(29)33/h2-12,15,17-18,22-23H,13-14H2,1H3,(H,27,31)(H,28,30)/t15-,17-,18-,22-,23+/m0/s1. The summed E-state index contributed by atoms with van der Waals surface area (Å²) < 4.78 is 0. The Morgan fingerprint density at radius 3 is 2.21 bits per heavy atom. The number of imide groups is 1. The van der Waals surface area contributed by atoms with Crippen LogP contribution in [-0.4, -0.2) is 35.1 Å². The van der Waals surface area contributed by atoms with E-state index in [1.165, 1.54) is 0 Å². The number of rotatable bonds is 6. The second-order valence-corrected chi connectivity index (χ2v) is 8.96. The Morgan fingerprint density at radius 1 is 0.939 bits per heavy atom. The maximum Gasteiger partial charge on any atom is 0.253 e. The highest BCUT2D eigenvalue weighted by atomic mass is 16.2. The lowest BCUT2D eigenvalue weighted by molar-refractivity contribution is -0.143. The monoisotopic (exact) mass is 443 g/mol. The van der Waals surface area contributed by atoms with E-state index >= 15 is 0 Å². The Morgan fingerprint density at radius 2 is 1.55 bits per heavy atom. The minimum atomic E-state index is -0.506. The van der Waals surface area contributed by atoms with Crippen LogP contribution in [0.25, 0.3) is 0 Å². The van der Waals surface area contributed by atoms with E-state index in [0.717, 1.165) is 16.9 Å². The van der Waals surface area contributed by atoms with E-state index in [-0.39, 0.29) is 54.0 Å². The van der Waals surface area contributed by atoms with E-state index in [2.05, 4.69) is 10.6 Å². The second kappa shape index (κ2) is 8.31. The van der Waals surface area contributed by atoms with Gasteiger partial charge in [0.2, 0.25) is 17.7 Å². The van der Waals surface area contributed by atoms with Crippen molar-refractivity contribution in [1.82, 2.24) is 10.2 Å². The van der Waals surface area contributed by atoms with Crippen LogP contribution in [0.4, 0.5) is 5.69 Å². The molecule has 2 bridgehead atoms. The Hall–Kier alpha value is -3.74. The van der Waals surface area contributed by atoms with Gasteiger partial charge in [0.05, 0.1) is 29.1 Å². The number of amides is 4. The number of carbonyl (C=O) groups excluding carboxylic acids is 4. The molecule has 2 aromatic rings. The van der Waals surface area contributed by atoms with Crippen LogP contribution in [0.2, 0.25) is 0 Å². The van der Waals surface area contributed by atoms with Crippen LogP contribution in [0.3, 0.4) is 0 Å². The molecule has 5 atom stereocenters. The molecule has 2 fully saturated rings. The summed E-state index contributed by atoms with van der Waals surface area (Å²) in [7, 11) is 0. The number of para-hydroxylation sites is 1. The van der Waals surface area contributed by atoms with Gasteiger partial charge in [-0.2, -0.15) is 0 Å². The number of anilines is 1. The molecule has 5 rings (SSSR count). The number of hydrogen-bond acceptors (Lipinski definition) is 4. The summed E-state index contributed by atoms with van der Waals surface area (Å²) in [6.45, 7) is 1.54. The fourth-order valence-electron chi connectivity index (χ4n) is 5.34. The summed E-state index contributed by atoms with van der Waals surface area (Å²) in [5, 5.41) is 5.66.